The lowest BCUT2D eigenvalue weighted by Crippen LogP contribution is -2.36. The molecule has 0 atom stereocenters. The lowest BCUT2D eigenvalue weighted by molar-refractivity contribution is -0.144. The van der Waals surface area contributed by atoms with Crippen molar-refractivity contribution >= 4 is 11.9 Å². The zero-order valence-corrected chi connectivity index (χ0v) is 9.92. The minimum Gasteiger partial charge on any atom is -0.480 e. The number of amides is 1. The first-order valence-electron chi connectivity index (χ1n) is 5.31. The van der Waals surface area contributed by atoms with Gasteiger partial charge in [0.1, 0.15) is 6.54 Å². The van der Waals surface area contributed by atoms with Gasteiger partial charge in [-0.15, -0.1) is 0 Å². The molecule has 0 aromatic heterocycles. The number of nitrogens with zero attached hydrogens (tertiary/aromatic N) is 1. The van der Waals surface area contributed by atoms with Crippen molar-refractivity contribution in [3.8, 4) is 0 Å². The number of aliphatic hydroxyl groups excluding tert-OH is 1. The number of ether oxygens (including phenoxy) is 2. The number of hydrogen-bond acceptors (Lipinski definition) is 5. The highest BCUT2D eigenvalue weighted by Crippen LogP contribution is 1.90. The van der Waals surface area contributed by atoms with E-state index in [0.29, 0.717) is 13.2 Å². The highest BCUT2D eigenvalue weighted by molar-refractivity contribution is 5.79. The Morgan fingerprint density at radius 3 is 2.18 bits per heavy atom. The van der Waals surface area contributed by atoms with E-state index in [-0.39, 0.29) is 38.8 Å². The predicted molar refractivity (Wildman–Crippen MR) is 58.6 cm³/mol. The molecule has 100 valence electrons. The van der Waals surface area contributed by atoms with Crippen molar-refractivity contribution in [2.45, 2.75) is 6.92 Å². The van der Waals surface area contributed by atoms with Gasteiger partial charge in [0.25, 0.3) is 0 Å². The summed E-state index contributed by atoms with van der Waals surface area (Å²) in [6.07, 6.45) is 0. The van der Waals surface area contributed by atoms with Crippen LogP contribution in [0.25, 0.3) is 0 Å². The van der Waals surface area contributed by atoms with Crippen LogP contribution < -0.4 is 0 Å². The van der Waals surface area contributed by atoms with E-state index in [1.807, 2.05) is 0 Å². The Balaban J connectivity index is 3.55. The number of hydrogen-bond donors (Lipinski definition) is 2. The Morgan fingerprint density at radius 2 is 1.71 bits per heavy atom. The van der Waals surface area contributed by atoms with Gasteiger partial charge in [-0.3, -0.25) is 9.59 Å². The first-order chi connectivity index (χ1) is 8.07. The first kappa shape index (κ1) is 15.8. The second-order valence-electron chi connectivity index (χ2n) is 3.28. The van der Waals surface area contributed by atoms with Gasteiger partial charge < -0.3 is 24.6 Å². The third-order valence-electron chi connectivity index (χ3n) is 1.88. The summed E-state index contributed by atoms with van der Waals surface area (Å²) >= 11 is 0. The van der Waals surface area contributed by atoms with Crippen LogP contribution in [0.2, 0.25) is 0 Å². The maximum Gasteiger partial charge on any atom is 0.323 e. The van der Waals surface area contributed by atoms with Gasteiger partial charge in [-0.2, -0.15) is 0 Å². The molecule has 0 heterocycles. The van der Waals surface area contributed by atoms with E-state index in [1.165, 1.54) is 11.8 Å². The molecule has 0 bridgehead atoms. The number of rotatable bonds is 10. The summed E-state index contributed by atoms with van der Waals surface area (Å²) in [6.45, 7) is 2.43. The van der Waals surface area contributed by atoms with Crippen LogP contribution in [0.15, 0.2) is 0 Å². The molecular formula is C10H19NO6. The molecule has 0 rings (SSSR count). The first-order valence-corrected chi connectivity index (χ1v) is 5.31. The second-order valence-corrected chi connectivity index (χ2v) is 3.28. The molecule has 1 amide bonds. The lowest BCUT2D eigenvalue weighted by Gasteiger charge is -2.18. The Morgan fingerprint density at radius 1 is 1.12 bits per heavy atom. The number of carbonyl (C=O) groups is 2. The van der Waals surface area contributed by atoms with E-state index in [9.17, 15) is 9.59 Å². The predicted octanol–water partition coefficient (Wildman–Crippen LogP) is -1.05. The Kier molecular flexibility index (Phi) is 9.31. The molecule has 0 fully saturated rings. The molecule has 17 heavy (non-hydrogen) atoms. The zero-order valence-electron chi connectivity index (χ0n) is 9.92. The van der Waals surface area contributed by atoms with Gasteiger partial charge in [-0.05, 0) is 0 Å². The number of aliphatic hydroxyl groups is 1. The second kappa shape index (κ2) is 10.0. The molecule has 0 aliphatic carbocycles. The van der Waals surface area contributed by atoms with Crippen LogP contribution in [0.3, 0.4) is 0 Å². The number of carbonyl (C=O) groups excluding carboxylic acids is 1. The highest BCUT2D eigenvalue weighted by atomic mass is 16.5. The Hall–Kier alpha value is -1.18. The van der Waals surface area contributed by atoms with E-state index in [0.717, 1.165) is 0 Å². The standard InChI is InChI=1S/C10H19NO6/c1-9(13)11(8-10(14)15)2-4-16-6-7-17-5-3-12/h12H,2-8H2,1H3,(H,14,15). The van der Waals surface area contributed by atoms with Crippen LogP contribution in [0.5, 0.6) is 0 Å². The van der Waals surface area contributed by atoms with Gasteiger partial charge in [0.2, 0.25) is 5.91 Å². The molecule has 7 heteroatoms. The van der Waals surface area contributed by atoms with Gasteiger partial charge in [0, 0.05) is 13.5 Å². The molecule has 0 unspecified atom stereocenters. The van der Waals surface area contributed by atoms with Gasteiger partial charge in [-0.1, -0.05) is 0 Å². The lowest BCUT2D eigenvalue weighted by atomic mass is 10.4. The Bertz CT molecular complexity index is 233. The maximum atomic E-state index is 11.0. The van der Waals surface area contributed by atoms with E-state index in [4.69, 9.17) is 19.7 Å². The highest BCUT2D eigenvalue weighted by Gasteiger charge is 2.11. The fraction of sp³-hybridized carbons (Fsp3) is 0.800. The van der Waals surface area contributed by atoms with E-state index >= 15 is 0 Å². The number of carboxylic acids is 1. The molecule has 0 saturated heterocycles. The van der Waals surface area contributed by atoms with Crippen molar-refractivity contribution in [2.24, 2.45) is 0 Å². The summed E-state index contributed by atoms with van der Waals surface area (Å²) in [5, 5.41) is 17.0. The summed E-state index contributed by atoms with van der Waals surface area (Å²) < 4.78 is 10.1. The number of carboxylic acid groups (broad SMARTS) is 1. The fourth-order valence-corrected chi connectivity index (χ4v) is 1.07. The smallest absolute Gasteiger partial charge is 0.323 e. The molecular weight excluding hydrogens is 230 g/mol. The monoisotopic (exact) mass is 249 g/mol. The molecule has 0 aromatic rings. The maximum absolute atomic E-state index is 11.0. The van der Waals surface area contributed by atoms with Crippen molar-refractivity contribution in [3.05, 3.63) is 0 Å². The summed E-state index contributed by atoms with van der Waals surface area (Å²) in [5.74, 6) is -1.35. The zero-order chi connectivity index (χ0) is 13.1. The van der Waals surface area contributed by atoms with E-state index < -0.39 is 5.97 Å². The van der Waals surface area contributed by atoms with Crippen LogP contribution in [0.1, 0.15) is 6.92 Å². The normalized spacial score (nSPS) is 10.2. The van der Waals surface area contributed by atoms with Crippen molar-refractivity contribution < 1.29 is 29.3 Å². The topological polar surface area (TPSA) is 96.3 Å². The molecule has 2 N–H and O–H groups in total. The Labute approximate surface area is 99.9 Å². The molecule has 0 spiro atoms. The van der Waals surface area contributed by atoms with Crippen LogP contribution in [-0.4, -0.2) is 73.1 Å². The van der Waals surface area contributed by atoms with Crippen molar-refractivity contribution in [1.29, 1.82) is 0 Å². The SMILES string of the molecule is CC(=O)N(CCOCCOCCO)CC(=O)O. The third kappa shape index (κ3) is 9.73. The minimum absolute atomic E-state index is 0.0310. The number of aliphatic carboxylic acids is 1. The quantitative estimate of drug-likeness (QED) is 0.479. The molecule has 0 aromatic carbocycles. The van der Waals surface area contributed by atoms with Crippen LogP contribution in [-0.2, 0) is 19.1 Å². The average Bonchev–Trinajstić information content (AvgIpc) is 2.25. The molecule has 0 radical (unpaired) electrons. The fourth-order valence-electron chi connectivity index (χ4n) is 1.07. The largest absolute Gasteiger partial charge is 0.480 e. The van der Waals surface area contributed by atoms with Crippen LogP contribution in [0, 0.1) is 0 Å². The van der Waals surface area contributed by atoms with E-state index in [1.54, 1.807) is 0 Å². The summed E-state index contributed by atoms with van der Waals surface area (Å²) in [7, 11) is 0. The molecule has 0 aliphatic rings. The molecule has 0 aliphatic heterocycles. The summed E-state index contributed by atoms with van der Waals surface area (Å²) in [4.78, 5) is 22.7. The van der Waals surface area contributed by atoms with E-state index in [2.05, 4.69) is 0 Å². The van der Waals surface area contributed by atoms with Gasteiger partial charge in [0.15, 0.2) is 0 Å². The van der Waals surface area contributed by atoms with Gasteiger partial charge >= 0.3 is 5.97 Å². The minimum atomic E-state index is -1.05. The average molecular weight is 249 g/mol. The van der Waals surface area contributed by atoms with Gasteiger partial charge in [-0.25, -0.2) is 0 Å². The molecule has 7 nitrogen and oxygen atoms in total. The third-order valence-corrected chi connectivity index (χ3v) is 1.88. The van der Waals surface area contributed by atoms with Crippen LogP contribution >= 0.6 is 0 Å². The summed E-state index contributed by atoms with van der Waals surface area (Å²) in [6, 6.07) is 0. The molecule has 0 saturated carbocycles. The van der Waals surface area contributed by atoms with Crippen molar-refractivity contribution in [1.82, 2.24) is 4.90 Å². The van der Waals surface area contributed by atoms with Crippen LogP contribution in [0.4, 0.5) is 0 Å². The van der Waals surface area contributed by atoms with Gasteiger partial charge in [0.05, 0.1) is 33.0 Å². The van der Waals surface area contributed by atoms with Crippen molar-refractivity contribution in [3.63, 3.8) is 0 Å². The van der Waals surface area contributed by atoms with Crippen molar-refractivity contribution in [2.75, 3.05) is 46.1 Å². The summed E-state index contributed by atoms with van der Waals surface area (Å²) in [5.41, 5.74) is 0.